The van der Waals surface area contributed by atoms with E-state index >= 15 is 0 Å². The minimum absolute atomic E-state index is 0.110. The molecule has 0 radical (unpaired) electrons. The van der Waals surface area contributed by atoms with Crippen LogP contribution in [0.3, 0.4) is 0 Å². The largest absolute Gasteiger partial charge is 0.573 e. The molecule has 0 spiro atoms. The molecule has 0 unspecified atom stereocenters. The van der Waals surface area contributed by atoms with Crippen molar-refractivity contribution in [2.24, 2.45) is 25.9 Å². The third kappa shape index (κ3) is 7.69. The van der Waals surface area contributed by atoms with E-state index in [4.69, 9.17) is 10.5 Å². The van der Waals surface area contributed by atoms with Crippen molar-refractivity contribution in [1.29, 1.82) is 0 Å². The third-order valence-corrected chi connectivity index (χ3v) is 6.12. The number of ether oxygens (including phenoxy) is 2. The number of alkyl halides is 3. The van der Waals surface area contributed by atoms with Crippen molar-refractivity contribution < 1.29 is 27.4 Å². The molecule has 1 aliphatic heterocycles. The first-order valence-electron chi connectivity index (χ1n) is 11.8. The molecule has 1 aliphatic rings. The number of carbonyl (C=O) groups excluding carboxylic acids is 1. The van der Waals surface area contributed by atoms with E-state index in [0.717, 1.165) is 17.7 Å². The van der Waals surface area contributed by atoms with Gasteiger partial charge >= 0.3 is 6.36 Å². The number of nitrogens with two attached hydrogens (primary N) is 1. The average Bonchev–Trinajstić information content (AvgIpc) is 3.29. The van der Waals surface area contributed by atoms with Gasteiger partial charge in [0.1, 0.15) is 23.7 Å². The molecule has 3 aromatic carbocycles. The maximum Gasteiger partial charge on any atom is 0.573 e. The molecular formula is C27H23F3N6O3S. The summed E-state index contributed by atoms with van der Waals surface area (Å²) in [5.74, 6) is 0.578. The van der Waals surface area contributed by atoms with Gasteiger partial charge in [-0.05, 0) is 48.9 Å². The summed E-state index contributed by atoms with van der Waals surface area (Å²) in [4.78, 5) is 22.1. The number of benzene rings is 3. The predicted octanol–water partition coefficient (Wildman–Crippen LogP) is 5.52. The Kier molecular flexibility index (Phi) is 9.17. The number of rotatable bonds is 9. The molecule has 2 N–H and O–H groups in total. The molecule has 206 valence electrons. The zero-order chi connectivity index (χ0) is 28.5. The van der Waals surface area contributed by atoms with Gasteiger partial charge in [-0.15, -0.1) is 18.3 Å². The van der Waals surface area contributed by atoms with Crippen molar-refractivity contribution in [2.75, 3.05) is 17.3 Å². The van der Waals surface area contributed by atoms with Gasteiger partial charge in [-0.3, -0.25) is 9.69 Å². The van der Waals surface area contributed by atoms with Gasteiger partial charge in [0.2, 0.25) is 5.91 Å². The lowest BCUT2D eigenvalue weighted by atomic mass is 10.1. The number of para-hydroxylation sites is 2. The number of carbonyl (C=O) groups is 1. The minimum Gasteiger partial charge on any atom is -0.492 e. The smallest absolute Gasteiger partial charge is 0.492 e. The first kappa shape index (κ1) is 28.4. The second-order valence-corrected chi connectivity index (χ2v) is 8.91. The number of thioether (sulfide) groups is 1. The maximum absolute atomic E-state index is 12.5. The van der Waals surface area contributed by atoms with Crippen LogP contribution in [0.4, 0.5) is 24.5 Å². The molecule has 1 fully saturated rings. The van der Waals surface area contributed by atoms with Gasteiger partial charge in [0, 0.05) is 5.56 Å². The van der Waals surface area contributed by atoms with Crippen LogP contribution in [0.2, 0.25) is 0 Å². The number of hydrogen-bond donors (Lipinski definition) is 1. The highest BCUT2D eigenvalue weighted by molar-refractivity contribution is 8.15. The number of nitrogens with zero attached hydrogens (tertiary/aromatic N) is 5. The van der Waals surface area contributed by atoms with Crippen molar-refractivity contribution in [3.63, 3.8) is 0 Å². The zero-order valence-corrected chi connectivity index (χ0v) is 21.9. The lowest BCUT2D eigenvalue weighted by Crippen LogP contribution is -2.29. The number of halogens is 3. The normalized spacial score (nSPS) is 15.5. The Balaban J connectivity index is 1.39. The highest BCUT2D eigenvalue weighted by atomic mass is 32.2. The van der Waals surface area contributed by atoms with E-state index in [0.29, 0.717) is 34.5 Å². The van der Waals surface area contributed by atoms with Gasteiger partial charge in [0.15, 0.2) is 5.17 Å². The van der Waals surface area contributed by atoms with Crippen LogP contribution in [0, 0.1) is 0 Å². The number of amides is 1. The van der Waals surface area contributed by atoms with Crippen molar-refractivity contribution in [3.8, 4) is 11.5 Å². The Morgan fingerprint density at radius 3 is 2.50 bits per heavy atom. The van der Waals surface area contributed by atoms with Crippen molar-refractivity contribution >= 4 is 52.6 Å². The second-order valence-electron chi connectivity index (χ2n) is 7.97. The Bertz CT molecular complexity index is 1460. The average molecular weight is 569 g/mol. The van der Waals surface area contributed by atoms with Crippen LogP contribution >= 0.6 is 11.8 Å². The van der Waals surface area contributed by atoms with E-state index in [1.54, 1.807) is 42.6 Å². The molecule has 0 bridgehead atoms. The summed E-state index contributed by atoms with van der Waals surface area (Å²) in [7, 11) is 0. The van der Waals surface area contributed by atoms with Crippen molar-refractivity contribution in [3.05, 3.63) is 83.9 Å². The molecule has 0 atom stereocenters. The van der Waals surface area contributed by atoms with Gasteiger partial charge in [-0.1, -0.05) is 48.2 Å². The van der Waals surface area contributed by atoms with E-state index in [1.807, 2.05) is 19.1 Å². The van der Waals surface area contributed by atoms with Crippen LogP contribution in [0.25, 0.3) is 0 Å². The number of hydrogen-bond acceptors (Lipinski definition) is 7. The lowest BCUT2D eigenvalue weighted by Gasteiger charge is -2.18. The van der Waals surface area contributed by atoms with Gasteiger partial charge in [-0.25, -0.2) is 9.98 Å². The molecule has 1 amide bonds. The SMILES string of the molecule is CCOc1ccccc1N1C(=O)CS/C1=N/N=C\c1ccc(C(N)=NC=Nc2ccc(OC(F)(F)F)cc2)cc1. The summed E-state index contributed by atoms with van der Waals surface area (Å²) in [5.41, 5.74) is 8.37. The molecule has 13 heteroatoms. The molecule has 0 saturated carbocycles. The summed E-state index contributed by atoms with van der Waals surface area (Å²) >= 11 is 1.29. The lowest BCUT2D eigenvalue weighted by molar-refractivity contribution is -0.274. The quantitative estimate of drug-likeness (QED) is 0.207. The molecule has 0 aliphatic carbocycles. The Hall–Kier alpha value is -4.65. The molecular weight excluding hydrogens is 545 g/mol. The zero-order valence-electron chi connectivity index (χ0n) is 21.1. The highest BCUT2D eigenvalue weighted by Crippen LogP contribution is 2.34. The number of amidine groups is 2. The molecule has 4 rings (SSSR count). The summed E-state index contributed by atoms with van der Waals surface area (Å²) in [6, 6.07) is 19.3. The monoisotopic (exact) mass is 568 g/mol. The highest BCUT2D eigenvalue weighted by Gasteiger charge is 2.32. The Morgan fingerprint density at radius 1 is 1.07 bits per heavy atom. The van der Waals surface area contributed by atoms with Gasteiger partial charge in [0.05, 0.1) is 29.9 Å². The maximum atomic E-state index is 12.5. The summed E-state index contributed by atoms with van der Waals surface area (Å²) in [6.07, 6.45) is -2.00. The van der Waals surface area contributed by atoms with Crippen LogP contribution in [-0.2, 0) is 4.79 Å². The van der Waals surface area contributed by atoms with E-state index in [-0.39, 0.29) is 23.2 Å². The molecule has 1 heterocycles. The topological polar surface area (TPSA) is 114 Å². The minimum atomic E-state index is -4.76. The fraction of sp³-hybridized carbons (Fsp3) is 0.148. The molecule has 0 aromatic heterocycles. The van der Waals surface area contributed by atoms with E-state index in [9.17, 15) is 18.0 Å². The van der Waals surface area contributed by atoms with Crippen molar-refractivity contribution in [1.82, 2.24) is 0 Å². The summed E-state index contributed by atoms with van der Waals surface area (Å²) < 4.78 is 46.2. The van der Waals surface area contributed by atoms with E-state index in [1.165, 1.54) is 35.1 Å². The van der Waals surface area contributed by atoms with Crippen molar-refractivity contribution in [2.45, 2.75) is 13.3 Å². The van der Waals surface area contributed by atoms with E-state index in [2.05, 4.69) is 24.9 Å². The van der Waals surface area contributed by atoms with Gasteiger partial charge < -0.3 is 15.2 Å². The number of aliphatic imine (C=N–C) groups is 2. The first-order chi connectivity index (χ1) is 19.2. The fourth-order valence-corrected chi connectivity index (χ4v) is 4.26. The van der Waals surface area contributed by atoms with Crippen LogP contribution in [0.1, 0.15) is 18.1 Å². The molecule has 40 heavy (non-hydrogen) atoms. The second kappa shape index (κ2) is 12.9. The van der Waals surface area contributed by atoms with Gasteiger partial charge in [0.25, 0.3) is 0 Å². The van der Waals surface area contributed by atoms with E-state index < -0.39 is 6.36 Å². The third-order valence-electron chi connectivity index (χ3n) is 5.20. The van der Waals surface area contributed by atoms with Gasteiger partial charge in [-0.2, -0.15) is 5.10 Å². The Morgan fingerprint density at radius 2 is 1.80 bits per heavy atom. The fourth-order valence-electron chi connectivity index (χ4n) is 3.44. The van der Waals surface area contributed by atoms with Crippen LogP contribution in [0.15, 0.2) is 93.0 Å². The summed E-state index contributed by atoms with van der Waals surface area (Å²) in [5, 5.41) is 8.84. The molecule has 3 aromatic rings. The molecule has 1 saturated heterocycles. The Labute approximate surface area is 231 Å². The summed E-state index contributed by atoms with van der Waals surface area (Å²) in [6.45, 7) is 2.34. The predicted molar refractivity (Wildman–Crippen MR) is 151 cm³/mol. The van der Waals surface area contributed by atoms with Crippen LogP contribution in [-0.4, -0.2) is 48.2 Å². The van der Waals surface area contributed by atoms with Crippen LogP contribution < -0.4 is 20.1 Å². The number of anilines is 1. The van der Waals surface area contributed by atoms with Crippen LogP contribution in [0.5, 0.6) is 11.5 Å². The standard InChI is InChI=1S/C27H23F3N6O3S/c1-2-38-23-6-4-3-5-22(23)36-24(37)16-40-26(36)35-34-15-18-7-9-19(10-8-18)25(31)33-17-32-20-11-13-21(14-12-20)39-27(28,29)30/h3-15,17H,2,16H2,1H3,(H2,31,32,33)/b34-15-,35-26+. The molecule has 9 nitrogen and oxygen atoms in total. The first-order valence-corrected chi connectivity index (χ1v) is 12.8.